The molecule has 2 rings (SSSR count). The molecule has 0 aliphatic carbocycles. The van der Waals surface area contributed by atoms with Gasteiger partial charge in [-0.3, -0.25) is 4.98 Å². The lowest BCUT2D eigenvalue weighted by atomic mass is 10.1. The lowest BCUT2D eigenvalue weighted by Crippen LogP contribution is -2.30. The van der Waals surface area contributed by atoms with Gasteiger partial charge in [-0.1, -0.05) is 18.2 Å². The van der Waals surface area contributed by atoms with Gasteiger partial charge in [-0.2, -0.15) is 0 Å². The zero-order valence-corrected chi connectivity index (χ0v) is 11.0. The van der Waals surface area contributed by atoms with Crippen LogP contribution in [-0.2, 0) is 11.3 Å². The molecule has 1 N–H and O–H groups in total. The number of rotatable bonds is 6. The maximum Gasteiger partial charge on any atom is 0.0702 e. The summed E-state index contributed by atoms with van der Waals surface area (Å²) in [6.45, 7) is 6.48. The van der Waals surface area contributed by atoms with E-state index in [2.05, 4.69) is 29.4 Å². The predicted octanol–water partition coefficient (Wildman–Crippen LogP) is 2.75. The van der Waals surface area contributed by atoms with Gasteiger partial charge < -0.3 is 10.1 Å². The Balaban J connectivity index is 1.95. The molecule has 0 radical (unpaired) electrons. The summed E-state index contributed by atoms with van der Waals surface area (Å²) in [5, 5.41) is 4.62. The fourth-order valence-electron chi connectivity index (χ4n) is 1.86. The Bertz CT molecular complexity index is 499. The molecule has 2 aromatic rings. The number of para-hydroxylation sites is 1. The standard InChI is InChI=1S/C15H20N2O/c1-3-18-11-12(2)16-9-13-8-14-6-4-5-7-15(14)17-10-13/h4-8,10,12,16H,3,9,11H2,1-2H3. The normalized spacial score (nSPS) is 12.8. The van der Waals surface area contributed by atoms with Crippen molar-refractivity contribution in [2.45, 2.75) is 26.4 Å². The molecular weight excluding hydrogens is 224 g/mol. The van der Waals surface area contributed by atoms with Gasteiger partial charge in [0.25, 0.3) is 0 Å². The van der Waals surface area contributed by atoms with Crippen LogP contribution in [0.3, 0.4) is 0 Å². The first-order valence-corrected chi connectivity index (χ1v) is 6.44. The van der Waals surface area contributed by atoms with E-state index < -0.39 is 0 Å². The summed E-state index contributed by atoms with van der Waals surface area (Å²) in [7, 11) is 0. The Kier molecular flexibility index (Phi) is 4.67. The van der Waals surface area contributed by atoms with Crippen LogP contribution in [0, 0.1) is 0 Å². The highest BCUT2D eigenvalue weighted by Crippen LogP contribution is 2.12. The van der Waals surface area contributed by atoms with Gasteiger partial charge in [0.05, 0.1) is 12.1 Å². The van der Waals surface area contributed by atoms with E-state index in [0.29, 0.717) is 6.04 Å². The minimum Gasteiger partial charge on any atom is -0.380 e. The van der Waals surface area contributed by atoms with Gasteiger partial charge in [-0.15, -0.1) is 0 Å². The first-order chi connectivity index (χ1) is 8.79. The van der Waals surface area contributed by atoms with Crippen LogP contribution in [0.1, 0.15) is 19.4 Å². The molecule has 3 nitrogen and oxygen atoms in total. The van der Waals surface area contributed by atoms with Crippen molar-refractivity contribution >= 4 is 10.9 Å². The molecule has 96 valence electrons. The van der Waals surface area contributed by atoms with Gasteiger partial charge in [-0.05, 0) is 31.5 Å². The maximum atomic E-state index is 5.38. The summed E-state index contributed by atoms with van der Waals surface area (Å²) < 4.78 is 5.38. The van der Waals surface area contributed by atoms with Crippen LogP contribution in [0.15, 0.2) is 36.5 Å². The molecule has 1 atom stereocenters. The van der Waals surface area contributed by atoms with Gasteiger partial charge in [0.1, 0.15) is 0 Å². The molecule has 18 heavy (non-hydrogen) atoms. The van der Waals surface area contributed by atoms with E-state index in [1.165, 1.54) is 10.9 Å². The average molecular weight is 244 g/mol. The number of aromatic nitrogens is 1. The minimum atomic E-state index is 0.358. The maximum absolute atomic E-state index is 5.38. The van der Waals surface area contributed by atoms with E-state index in [1.807, 2.05) is 31.3 Å². The summed E-state index contributed by atoms with van der Waals surface area (Å²) in [5.74, 6) is 0. The molecule has 3 heteroatoms. The van der Waals surface area contributed by atoms with Crippen LogP contribution in [0.4, 0.5) is 0 Å². The molecule has 0 bridgehead atoms. The topological polar surface area (TPSA) is 34.1 Å². The number of pyridine rings is 1. The largest absolute Gasteiger partial charge is 0.380 e. The lowest BCUT2D eigenvalue weighted by molar-refractivity contribution is 0.127. The fraction of sp³-hybridized carbons (Fsp3) is 0.400. The zero-order chi connectivity index (χ0) is 12.8. The number of nitrogens with one attached hydrogen (secondary N) is 1. The van der Waals surface area contributed by atoms with Crippen molar-refractivity contribution in [3.05, 3.63) is 42.1 Å². The van der Waals surface area contributed by atoms with Gasteiger partial charge >= 0.3 is 0 Å². The van der Waals surface area contributed by atoms with Crippen molar-refractivity contribution in [1.29, 1.82) is 0 Å². The average Bonchev–Trinajstić information content (AvgIpc) is 2.42. The molecule has 1 aromatic heterocycles. The molecule has 1 unspecified atom stereocenters. The first kappa shape index (κ1) is 13.0. The molecule has 0 saturated carbocycles. The van der Waals surface area contributed by atoms with E-state index in [-0.39, 0.29) is 0 Å². The Morgan fingerprint density at radius 1 is 1.33 bits per heavy atom. The number of hydrogen-bond acceptors (Lipinski definition) is 3. The zero-order valence-electron chi connectivity index (χ0n) is 11.0. The van der Waals surface area contributed by atoms with Crippen LogP contribution >= 0.6 is 0 Å². The number of fused-ring (bicyclic) bond motifs is 1. The summed E-state index contributed by atoms with van der Waals surface area (Å²) in [5.41, 5.74) is 2.25. The Labute approximate surface area is 108 Å². The van der Waals surface area contributed by atoms with Crippen molar-refractivity contribution in [3.8, 4) is 0 Å². The summed E-state index contributed by atoms with van der Waals surface area (Å²) in [4.78, 5) is 4.45. The van der Waals surface area contributed by atoms with Gasteiger partial charge in [0, 0.05) is 30.8 Å². The highest BCUT2D eigenvalue weighted by molar-refractivity contribution is 5.78. The second-order valence-electron chi connectivity index (χ2n) is 4.48. The summed E-state index contributed by atoms with van der Waals surface area (Å²) >= 11 is 0. The van der Waals surface area contributed by atoms with Gasteiger partial charge in [0.2, 0.25) is 0 Å². The van der Waals surface area contributed by atoms with Gasteiger partial charge in [0.15, 0.2) is 0 Å². The third-order valence-electron chi connectivity index (χ3n) is 2.87. The van der Waals surface area contributed by atoms with Crippen LogP contribution in [0.25, 0.3) is 10.9 Å². The molecule has 0 amide bonds. The predicted molar refractivity (Wildman–Crippen MR) is 74.5 cm³/mol. The molecule has 0 saturated heterocycles. The quantitative estimate of drug-likeness (QED) is 0.848. The first-order valence-electron chi connectivity index (χ1n) is 6.44. The Hall–Kier alpha value is -1.45. The smallest absolute Gasteiger partial charge is 0.0702 e. The van der Waals surface area contributed by atoms with Gasteiger partial charge in [-0.25, -0.2) is 0 Å². The third-order valence-corrected chi connectivity index (χ3v) is 2.87. The minimum absolute atomic E-state index is 0.358. The van der Waals surface area contributed by atoms with Crippen molar-refractivity contribution in [3.63, 3.8) is 0 Å². The third kappa shape index (κ3) is 3.52. The van der Waals surface area contributed by atoms with Crippen LogP contribution in [0.5, 0.6) is 0 Å². The van der Waals surface area contributed by atoms with Crippen LogP contribution in [-0.4, -0.2) is 24.2 Å². The van der Waals surface area contributed by atoms with Crippen molar-refractivity contribution in [1.82, 2.24) is 10.3 Å². The van der Waals surface area contributed by atoms with Crippen LogP contribution < -0.4 is 5.32 Å². The molecule has 0 aliphatic rings. The summed E-state index contributed by atoms with van der Waals surface area (Å²) in [6.07, 6.45) is 1.93. The van der Waals surface area contributed by atoms with Crippen LogP contribution in [0.2, 0.25) is 0 Å². The second-order valence-corrected chi connectivity index (χ2v) is 4.48. The summed E-state index contributed by atoms with van der Waals surface area (Å²) in [6, 6.07) is 10.7. The molecule has 0 spiro atoms. The molecule has 1 aromatic carbocycles. The Morgan fingerprint density at radius 2 is 2.17 bits per heavy atom. The van der Waals surface area contributed by atoms with Crippen molar-refractivity contribution in [2.24, 2.45) is 0 Å². The highest BCUT2D eigenvalue weighted by Gasteiger charge is 2.02. The SMILES string of the molecule is CCOCC(C)NCc1cnc2ccccc2c1. The second kappa shape index (κ2) is 6.47. The van der Waals surface area contributed by atoms with Crippen molar-refractivity contribution in [2.75, 3.05) is 13.2 Å². The molecular formula is C15H20N2O. The number of hydrogen-bond donors (Lipinski definition) is 1. The molecule has 1 heterocycles. The highest BCUT2D eigenvalue weighted by atomic mass is 16.5. The monoisotopic (exact) mass is 244 g/mol. The van der Waals surface area contributed by atoms with E-state index >= 15 is 0 Å². The number of nitrogens with zero attached hydrogens (tertiary/aromatic N) is 1. The van der Waals surface area contributed by atoms with E-state index in [4.69, 9.17) is 4.74 Å². The number of benzene rings is 1. The van der Waals surface area contributed by atoms with Crippen molar-refractivity contribution < 1.29 is 4.74 Å². The lowest BCUT2D eigenvalue weighted by Gasteiger charge is -2.13. The fourth-order valence-corrected chi connectivity index (χ4v) is 1.86. The van der Waals surface area contributed by atoms with E-state index in [0.717, 1.165) is 25.3 Å². The number of ether oxygens (including phenoxy) is 1. The molecule has 0 fully saturated rings. The van der Waals surface area contributed by atoms with E-state index in [1.54, 1.807) is 0 Å². The molecule has 0 aliphatic heterocycles. The van der Waals surface area contributed by atoms with E-state index in [9.17, 15) is 0 Å². The Morgan fingerprint density at radius 3 is 3.00 bits per heavy atom.